The van der Waals surface area contributed by atoms with E-state index < -0.39 is 110 Å². The van der Waals surface area contributed by atoms with Crippen molar-refractivity contribution in [1.82, 2.24) is 0 Å². The number of hydrogen-bond donors (Lipinski definition) is 9. The van der Waals surface area contributed by atoms with Crippen molar-refractivity contribution in [2.24, 2.45) is 0 Å². The summed E-state index contributed by atoms with van der Waals surface area (Å²) < 4.78 is 42.1. The number of carbonyl (C=O) groups excluding carboxylic acids is 1. The SMILES string of the molecule is O=C(O)C1O[C@@H](Oc2cccc(-c3ccc([C@@H]4[C@@H](OC[C@H](O)c5ccc(F)cc5)C(=O)N4c4ccccc4)c(O[C@@H]4OC(C(=O)O)C(O)[C@H](O)C4O)c3)c2)C(O)[C@@H](O)C1O. The van der Waals surface area contributed by atoms with Gasteiger partial charge in [0.05, 0.1) is 6.61 Å². The molecule has 6 unspecified atom stereocenters. The van der Waals surface area contributed by atoms with Crippen LogP contribution in [0.15, 0.2) is 97.1 Å². The summed E-state index contributed by atoms with van der Waals surface area (Å²) in [4.78, 5) is 38.8. The zero-order valence-corrected chi connectivity index (χ0v) is 31.1. The number of aliphatic carboxylic acids is 2. The minimum absolute atomic E-state index is 0.0105. The molecule has 3 heterocycles. The number of para-hydroxylation sites is 1. The summed E-state index contributed by atoms with van der Waals surface area (Å²) in [6.45, 7) is -0.403. The van der Waals surface area contributed by atoms with Crippen LogP contribution in [0.3, 0.4) is 0 Å². The Kier molecular flexibility index (Phi) is 12.5. The van der Waals surface area contributed by atoms with Gasteiger partial charge in [-0.25, -0.2) is 14.0 Å². The first-order valence-corrected chi connectivity index (χ1v) is 18.5. The highest BCUT2D eigenvalue weighted by molar-refractivity contribution is 6.05. The summed E-state index contributed by atoms with van der Waals surface area (Å²) in [6, 6.07) is 23.0. The lowest BCUT2D eigenvalue weighted by molar-refractivity contribution is -0.271. The van der Waals surface area contributed by atoms with Gasteiger partial charge in [0.25, 0.3) is 5.91 Å². The van der Waals surface area contributed by atoms with E-state index in [0.717, 1.165) is 12.1 Å². The number of carbonyl (C=O) groups is 3. The predicted molar refractivity (Wildman–Crippen MR) is 200 cm³/mol. The molecule has 0 spiro atoms. The third-order valence-electron chi connectivity index (χ3n) is 10.4. The number of anilines is 1. The fourth-order valence-corrected chi connectivity index (χ4v) is 7.15. The molecule has 3 saturated heterocycles. The molecule has 18 nitrogen and oxygen atoms in total. The van der Waals surface area contributed by atoms with Crippen LogP contribution in [0.1, 0.15) is 23.3 Å². The van der Waals surface area contributed by atoms with Crippen molar-refractivity contribution in [3.63, 3.8) is 0 Å². The minimum Gasteiger partial charge on any atom is -0.479 e. The van der Waals surface area contributed by atoms with Gasteiger partial charge in [0.1, 0.15) is 66.1 Å². The second-order valence-electron chi connectivity index (χ2n) is 14.3. The Labute approximate surface area is 339 Å². The van der Waals surface area contributed by atoms with Gasteiger partial charge in [-0.05, 0) is 59.2 Å². The second kappa shape index (κ2) is 17.6. The summed E-state index contributed by atoms with van der Waals surface area (Å²) in [5.74, 6) is -4.44. The normalized spacial score (nSPS) is 30.9. The molecule has 1 amide bonds. The Balaban J connectivity index is 1.26. The topological polar surface area (TPSA) is 283 Å². The predicted octanol–water partition coefficient (Wildman–Crippen LogP) is 0.241. The lowest BCUT2D eigenvalue weighted by Crippen LogP contribution is -2.62. The van der Waals surface area contributed by atoms with E-state index in [0.29, 0.717) is 22.4 Å². The molecule has 3 fully saturated rings. The highest BCUT2D eigenvalue weighted by atomic mass is 19.1. The molecule has 60 heavy (non-hydrogen) atoms. The molecule has 3 aliphatic heterocycles. The fraction of sp³-hybridized carbons (Fsp3) is 0.341. The van der Waals surface area contributed by atoms with Crippen LogP contribution >= 0.6 is 0 Å². The molecule has 19 heteroatoms. The van der Waals surface area contributed by atoms with E-state index in [2.05, 4.69) is 0 Å². The number of benzene rings is 4. The molecular formula is C41H40FNO17. The van der Waals surface area contributed by atoms with Crippen LogP contribution in [-0.4, -0.2) is 138 Å². The number of hydrogen-bond acceptors (Lipinski definition) is 15. The lowest BCUT2D eigenvalue weighted by Gasteiger charge is -2.47. The van der Waals surface area contributed by atoms with E-state index >= 15 is 0 Å². The average Bonchev–Trinajstić information content (AvgIpc) is 3.23. The van der Waals surface area contributed by atoms with Crippen LogP contribution < -0.4 is 14.4 Å². The molecule has 4 aromatic carbocycles. The molecule has 0 aliphatic carbocycles. The van der Waals surface area contributed by atoms with Crippen LogP contribution in [0.2, 0.25) is 0 Å². The van der Waals surface area contributed by atoms with Gasteiger partial charge in [-0.15, -0.1) is 0 Å². The standard InChI is InChI=1S/C41H40FNO17/c42-21-12-9-18(10-13-21)25(44)17-56-34-27(43(37(34)51)22-6-2-1-3-7-22)24-14-11-20(16-26(24)58-41-33(50)29(46)31(48)36(60-41)39(54)55)19-5-4-8-23(15-19)57-40-32(49)28(45)30(47)35(59-40)38(52)53/h1-16,25,27-36,40-41,44-50H,17H2,(H,52,53)(H,54,55)/t25-,27+,28-,29-,30?,31?,32?,33?,34+,35?,36?,40+,41+/m0/s1. The van der Waals surface area contributed by atoms with Crippen molar-refractivity contribution >= 4 is 23.5 Å². The number of amides is 1. The van der Waals surface area contributed by atoms with Gasteiger partial charge in [0.15, 0.2) is 18.3 Å². The largest absolute Gasteiger partial charge is 0.479 e. The lowest BCUT2D eigenvalue weighted by atomic mass is 9.87. The average molecular weight is 838 g/mol. The number of β-lactam (4-membered cyclic amide) rings is 1. The molecule has 9 N–H and O–H groups in total. The van der Waals surface area contributed by atoms with E-state index in [-0.39, 0.29) is 17.1 Å². The fourth-order valence-electron chi connectivity index (χ4n) is 7.15. The summed E-state index contributed by atoms with van der Waals surface area (Å²) in [5, 5.41) is 92.8. The number of aliphatic hydroxyl groups excluding tert-OH is 7. The Morgan fingerprint density at radius 2 is 1.27 bits per heavy atom. The molecule has 0 radical (unpaired) electrons. The molecule has 318 valence electrons. The van der Waals surface area contributed by atoms with Gasteiger partial charge in [0, 0.05) is 11.3 Å². The van der Waals surface area contributed by atoms with Gasteiger partial charge in [0.2, 0.25) is 12.6 Å². The first-order chi connectivity index (χ1) is 28.6. The van der Waals surface area contributed by atoms with Crippen molar-refractivity contribution in [2.75, 3.05) is 11.5 Å². The molecule has 13 atom stereocenters. The maximum atomic E-state index is 13.8. The summed E-state index contributed by atoms with van der Waals surface area (Å²) in [6.07, 6.45) is -21.9. The molecule has 0 aromatic heterocycles. The van der Waals surface area contributed by atoms with Gasteiger partial charge < -0.3 is 69.6 Å². The van der Waals surface area contributed by atoms with Gasteiger partial charge in [-0.3, -0.25) is 9.69 Å². The summed E-state index contributed by atoms with van der Waals surface area (Å²) >= 11 is 0. The van der Waals surface area contributed by atoms with E-state index in [1.807, 2.05) is 0 Å². The van der Waals surface area contributed by atoms with E-state index in [4.69, 9.17) is 23.7 Å². The third-order valence-corrected chi connectivity index (χ3v) is 10.4. The Morgan fingerprint density at radius 1 is 0.683 bits per heavy atom. The van der Waals surface area contributed by atoms with Crippen LogP contribution in [0, 0.1) is 5.82 Å². The summed E-state index contributed by atoms with van der Waals surface area (Å²) in [7, 11) is 0. The number of carboxylic acid groups (broad SMARTS) is 2. The highest BCUT2D eigenvalue weighted by Crippen LogP contribution is 2.46. The monoisotopic (exact) mass is 837 g/mol. The van der Waals surface area contributed by atoms with Crippen LogP contribution in [0.5, 0.6) is 11.5 Å². The number of ether oxygens (including phenoxy) is 5. The maximum absolute atomic E-state index is 13.8. The zero-order valence-electron chi connectivity index (χ0n) is 31.1. The zero-order chi connectivity index (χ0) is 43.0. The molecule has 0 saturated carbocycles. The maximum Gasteiger partial charge on any atom is 0.335 e. The Bertz CT molecular complexity index is 2180. The first kappa shape index (κ1) is 42.5. The second-order valence-corrected chi connectivity index (χ2v) is 14.3. The van der Waals surface area contributed by atoms with Crippen molar-refractivity contribution < 1.29 is 88.4 Å². The number of halogens is 1. The van der Waals surface area contributed by atoms with Gasteiger partial charge in [-0.2, -0.15) is 0 Å². The van der Waals surface area contributed by atoms with Crippen molar-refractivity contribution in [3.8, 4) is 22.6 Å². The molecular weight excluding hydrogens is 797 g/mol. The van der Waals surface area contributed by atoms with Crippen LogP contribution in [0.4, 0.5) is 10.1 Å². The number of nitrogens with zero attached hydrogens (tertiary/aromatic N) is 1. The third kappa shape index (κ3) is 8.40. The van der Waals surface area contributed by atoms with Crippen molar-refractivity contribution in [2.45, 2.75) is 79.7 Å². The minimum atomic E-state index is -2.03. The summed E-state index contributed by atoms with van der Waals surface area (Å²) in [5.41, 5.74) is 1.69. The molecule has 7 rings (SSSR count). The van der Waals surface area contributed by atoms with Crippen molar-refractivity contribution in [1.29, 1.82) is 0 Å². The Morgan fingerprint density at radius 3 is 1.87 bits per heavy atom. The molecule has 4 aromatic rings. The van der Waals surface area contributed by atoms with Crippen LogP contribution in [-0.2, 0) is 28.6 Å². The highest BCUT2D eigenvalue weighted by Gasteiger charge is 2.53. The molecule has 3 aliphatic rings. The smallest absolute Gasteiger partial charge is 0.335 e. The number of aliphatic hydroxyl groups is 7. The van der Waals surface area contributed by atoms with Crippen LogP contribution in [0.25, 0.3) is 11.1 Å². The van der Waals surface area contributed by atoms with Gasteiger partial charge in [-0.1, -0.05) is 54.6 Å². The van der Waals surface area contributed by atoms with E-state index in [9.17, 15) is 64.7 Å². The molecule has 0 bridgehead atoms. The van der Waals surface area contributed by atoms with Gasteiger partial charge >= 0.3 is 11.9 Å². The van der Waals surface area contributed by atoms with Crippen molar-refractivity contribution in [3.05, 3.63) is 114 Å². The number of rotatable bonds is 13. The van der Waals surface area contributed by atoms with E-state index in [1.165, 1.54) is 47.4 Å². The quantitative estimate of drug-likeness (QED) is 0.0816. The first-order valence-electron chi connectivity index (χ1n) is 18.5. The van der Waals surface area contributed by atoms with E-state index in [1.54, 1.807) is 42.5 Å². The Hall–Kier alpha value is -5.58. The number of carboxylic acids is 2.